The van der Waals surface area contributed by atoms with E-state index in [0.717, 1.165) is 6.42 Å². The topological polar surface area (TPSA) is 79.8 Å². The molecule has 1 saturated heterocycles. The molecule has 1 heterocycles. The summed E-state index contributed by atoms with van der Waals surface area (Å²) < 4.78 is 4.93. The van der Waals surface area contributed by atoms with Gasteiger partial charge in [0.25, 0.3) is 0 Å². The fraction of sp³-hybridized carbons (Fsp3) is 0.625. The monoisotopic (exact) mass is 199 g/mol. The van der Waals surface area contributed by atoms with Crippen LogP contribution in [0.5, 0.6) is 0 Å². The summed E-state index contributed by atoms with van der Waals surface area (Å²) in [5.41, 5.74) is 0. The Hall–Kier alpha value is -1.43. The van der Waals surface area contributed by atoms with Crippen LogP contribution in [0.15, 0.2) is 4.99 Å². The molecule has 2 N–H and O–H groups in total. The quantitative estimate of drug-likeness (QED) is 0.571. The van der Waals surface area contributed by atoms with Crippen LogP contribution < -0.4 is 10.6 Å². The molecule has 0 aromatic carbocycles. The number of carbonyl (C=O) groups excluding carboxylic acids is 2. The zero-order valence-electron chi connectivity index (χ0n) is 8.16. The first-order chi connectivity index (χ1) is 6.67. The van der Waals surface area contributed by atoms with Gasteiger partial charge in [-0.15, -0.1) is 0 Å². The Morgan fingerprint density at radius 1 is 1.36 bits per heavy atom. The molecule has 2 amide bonds. The van der Waals surface area contributed by atoms with E-state index in [1.165, 1.54) is 0 Å². The molecule has 1 atom stereocenters. The van der Waals surface area contributed by atoms with Crippen molar-refractivity contribution in [3.8, 4) is 0 Å². The molecule has 0 bridgehead atoms. The minimum atomic E-state index is -0.670. The van der Waals surface area contributed by atoms with Crippen LogP contribution in [0.4, 0.5) is 0 Å². The smallest absolute Gasteiger partial charge is 0.316 e. The fourth-order valence-electron chi connectivity index (χ4n) is 1.05. The molecular formula is C8H13N3O3. The van der Waals surface area contributed by atoms with Gasteiger partial charge in [0, 0.05) is 7.11 Å². The molecule has 1 aliphatic heterocycles. The third kappa shape index (κ3) is 2.53. The fourth-order valence-corrected chi connectivity index (χ4v) is 1.05. The van der Waals surface area contributed by atoms with Crippen LogP contribution in [-0.4, -0.2) is 37.5 Å². The van der Waals surface area contributed by atoms with E-state index in [9.17, 15) is 9.59 Å². The predicted molar refractivity (Wildman–Crippen MR) is 49.7 cm³/mol. The lowest BCUT2D eigenvalue weighted by atomic mass is 10.2. The second-order valence-electron chi connectivity index (χ2n) is 2.90. The van der Waals surface area contributed by atoms with Crippen LogP contribution in [0.1, 0.15) is 13.3 Å². The second-order valence-corrected chi connectivity index (χ2v) is 2.90. The Morgan fingerprint density at radius 2 is 1.93 bits per heavy atom. The molecule has 1 fully saturated rings. The third-order valence-electron chi connectivity index (χ3n) is 1.81. The number of nitrogens with one attached hydrogen (secondary N) is 2. The number of hydrogen-bond donors (Lipinski definition) is 2. The molecule has 1 rings (SSSR count). The number of nitrogens with zero attached hydrogens (tertiary/aromatic N) is 1. The summed E-state index contributed by atoms with van der Waals surface area (Å²) in [5, 5.41) is 4.64. The van der Waals surface area contributed by atoms with Crippen LogP contribution in [0.25, 0.3) is 0 Å². The van der Waals surface area contributed by atoms with Crippen LogP contribution >= 0.6 is 0 Å². The molecule has 6 nitrogen and oxygen atoms in total. The number of ether oxygens (including phenoxy) is 1. The maximum absolute atomic E-state index is 10.8. The minimum absolute atomic E-state index is 0.0475. The van der Waals surface area contributed by atoms with E-state index in [1.807, 2.05) is 6.92 Å². The molecule has 78 valence electrons. The highest BCUT2D eigenvalue weighted by Gasteiger charge is 2.25. The van der Waals surface area contributed by atoms with E-state index in [1.54, 1.807) is 7.11 Å². The maximum atomic E-state index is 10.8. The van der Waals surface area contributed by atoms with Crippen molar-refractivity contribution in [3.63, 3.8) is 0 Å². The van der Waals surface area contributed by atoms with Crippen LogP contribution in [-0.2, 0) is 14.3 Å². The Bertz CT molecular complexity index is 257. The number of hydrogen-bond acceptors (Lipinski definition) is 4. The lowest BCUT2D eigenvalue weighted by molar-refractivity contribution is -0.135. The minimum Gasteiger partial charge on any atom is -0.382 e. The van der Waals surface area contributed by atoms with Gasteiger partial charge in [0.1, 0.15) is 0 Å². The van der Waals surface area contributed by atoms with Crippen molar-refractivity contribution < 1.29 is 14.3 Å². The predicted octanol–water partition coefficient (Wildman–Crippen LogP) is -0.987. The van der Waals surface area contributed by atoms with Crippen LogP contribution in [0.2, 0.25) is 0 Å². The SMILES string of the molecule is CCC(COC)N=C1NC(=O)C(=O)N1. The van der Waals surface area contributed by atoms with Gasteiger partial charge in [-0.05, 0) is 6.42 Å². The average Bonchev–Trinajstić information content (AvgIpc) is 2.45. The molecule has 0 radical (unpaired) electrons. The zero-order chi connectivity index (χ0) is 10.6. The molecule has 14 heavy (non-hydrogen) atoms. The molecule has 0 aromatic rings. The zero-order valence-corrected chi connectivity index (χ0v) is 8.16. The number of guanidine groups is 1. The van der Waals surface area contributed by atoms with Crippen molar-refractivity contribution in [2.45, 2.75) is 19.4 Å². The summed E-state index contributed by atoms with van der Waals surface area (Å²) in [5.74, 6) is -1.13. The summed E-state index contributed by atoms with van der Waals surface area (Å²) in [6, 6.07) is -0.0475. The molecule has 0 aliphatic carbocycles. The standard InChI is InChI=1S/C8H13N3O3/c1-3-5(4-14-2)9-8-10-6(12)7(13)11-8/h5H,3-4H2,1-2H3,(H2,9,10,11,12,13). The summed E-state index contributed by atoms with van der Waals surface area (Å²) in [6.07, 6.45) is 0.781. The first-order valence-electron chi connectivity index (χ1n) is 4.36. The molecule has 0 spiro atoms. The Labute approximate surface area is 81.7 Å². The van der Waals surface area contributed by atoms with Crippen LogP contribution in [0, 0.1) is 0 Å². The first-order valence-corrected chi connectivity index (χ1v) is 4.36. The van der Waals surface area contributed by atoms with Gasteiger partial charge in [0.15, 0.2) is 0 Å². The molecular weight excluding hydrogens is 186 g/mol. The van der Waals surface area contributed by atoms with Gasteiger partial charge >= 0.3 is 11.8 Å². The van der Waals surface area contributed by atoms with Crippen molar-refractivity contribution in [1.82, 2.24) is 10.6 Å². The van der Waals surface area contributed by atoms with Gasteiger partial charge in [-0.1, -0.05) is 6.92 Å². The van der Waals surface area contributed by atoms with Crippen molar-refractivity contribution in [2.24, 2.45) is 4.99 Å². The van der Waals surface area contributed by atoms with Gasteiger partial charge in [-0.2, -0.15) is 0 Å². The number of rotatable bonds is 4. The average molecular weight is 199 g/mol. The molecule has 6 heteroatoms. The van der Waals surface area contributed by atoms with Crippen LogP contribution in [0.3, 0.4) is 0 Å². The number of methoxy groups -OCH3 is 1. The van der Waals surface area contributed by atoms with E-state index >= 15 is 0 Å². The van der Waals surface area contributed by atoms with Gasteiger partial charge in [0.05, 0.1) is 12.6 Å². The van der Waals surface area contributed by atoms with Crippen molar-refractivity contribution in [3.05, 3.63) is 0 Å². The van der Waals surface area contributed by atoms with Gasteiger partial charge in [0.2, 0.25) is 5.96 Å². The lowest BCUT2D eigenvalue weighted by Gasteiger charge is -2.08. The molecule has 1 aliphatic rings. The number of carbonyl (C=O) groups is 2. The Morgan fingerprint density at radius 3 is 2.36 bits per heavy atom. The number of amides is 2. The summed E-state index contributed by atoms with van der Waals surface area (Å²) in [7, 11) is 1.58. The molecule has 0 aromatic heterocycles. The highest BCUT2D eigenvalue weighted by molar-refractivity contribution is 6.45. The number of aliphatic imine (C=N–C) groups is 1. The summed E-state index contributed by atoms with van der Waals surface area (Å²) in [4.78, 5) is 25.7. The van der Waals surface area contributed by atoms with Crippen molar-refractivity contribution >= 4 is 17.8 Å². The van der Waals surface area contributed by atoms with Gasteiger partial charge < -0.3 is 4.74 Å². The van der Waals surface area contributed by atoms with E-state index in [-0.39, 0.29) is 12.0 Å². The maximum Gasteiger partial charge on any atom is 0.316 e. The Kier molecular flexibility index (Phi) is 3.58. The van der Waals surface area contributed by atoms with Gasteiger partial charge in [-0.3, -0.25) is 20.2 Å². The summed E-state index contributed by atoms with van der Waals surface area (Å²) >= 11 is 0. The Balaban J connectivity index is 2.59. The van der Waals surface area contributed by atoms with E-state index in [2.05, 4.69) is 15.6 Å². The molecule has 0 saturated carbocycles. The van der Waals surface area contributed by atoms with E-state index in [4.69, 9.17) is 4.74 Å². The summed E-state index contributed by atoms with van der Waals surface area (Å²) in [6.45, 7) is 2.41. The first kappa shape index (κ1) is 10.6. The highest BCUT2D eigenvalue weighted by atomic mass is 16.5. The van der Waals surface area contributed by atoms with Crippen molar-refractivity contribution in [2.75, 3.05) is 13.7 Å². The third-order valence-corrected chi connectivity index (χ3v) is 1.81. The van der Waals surface area contributed by atoms with E-state index < -0.39 is 11.8 Å². The highest BCUT2D eigenvalue weighted by Crippen LogP contribution is 1.98. The van der Waals surface area contributed by atoms with Crippen molar-refractivity contribution in [1.29, 1.82) is 0 Å². The molecule has 1 unspecified atom stereocenters. The lowest BCUT2D eigenvalue weighted by Crippen LogP contribution is -2.28. The van der Waals surface area contributed by atoms with E-state index in [0.29, 0.717) is 6.61 Å². The normalized spacial score (nSPS) is 17.7. The second kappa shape index (κ2) is 4.71. The largest absolute Gasteiger partial charge is 0.382 e. The van der Waals surface area contributed by atoms with Gasteiger partial charge in [-0.25, -0.2) is 4.99 Å².